The second-order valence-electron chi connectivity index (χ2n) is 9.46. The van der Waals surface area contributed by atoms with E-state index in [-0.39, 0.29) is 6.03 Å². The van der Waals surface area contributed by atoms with Crippen molar-refractivity contribution in [3.8, 4) is 0 Å². The second kappa shape index (κ2) is 8.75. The van der Waals surface area contributed by atoms with Crippen molar-refractivity contribution < 1.29 is 4.79 Å². The van der Waals surface area contributed by atoms with E-state index in [1.165, 1.54) is 16.5 Å². The van der Waals surface area contributed by atoms with E-state index >= 15 is 0 Å². The summed E-state index contributed by atoms with van der Waals surface area (Å²) >= 11 is 0. The first-order valence-electron chi connectivity index (χ1n) is 12.6. The molecule has 0 aliphatic carbocycles. The number of urea groups is 1. The molecule has 6 nitrogen and oxygen atoms in total. The summed E-state index contributed by atoms with van der Waals surface area (Å²) in [6, 6.07) is 32.7. The van der Waals surface area contributed by atoms with E-state index < -0.39 is 0 Å². The zero-order chi connectivity index (χ0) is 24.8. The van der Waals surface area contributed by atoms with Crippen LogP contribution in [-0.2, 0) is 0 Å². The number of aromatic nitrogens is 2. The van der Waals surface area contributed by atoms with Crippen LogP contribution in [0.1, 0.15) is 0 Å². The van der Waals surface area contributed by atoms with Gasteiger partial charge in [0.1, 0.15) is 0 Å². The first-order valence-corrected chi connectivity index (χ1v) is 12.6. The normalized spacial score (nSPS) is 14.1. The number of nitrogens with zero attached hydrogens (tertiary/aromatic N) is 4. The Morgan fingerprint density at radius 1 is 0.622 bits per heavy atom. The number of rotatable bonds is 2. The Labute approximate surface area is 214 Å². The van der Waals surface area contributed by atoms with Gasteiger partial charge in [-0.2, -0.15) is 0 Å². The third kappa shape index (κ3) is 3.78. The SMILES string of the molecule is O=C(Nc1ccc2nc3c4ccccc4c4ccccc4c3nc2c1)N1CCN(c2ccccc2)CC1. The average molecular weight is 484 g/mol. The second-order valence-corrected chi connectivity index (χ2v) is 9.46. The maximum Gasteiger partial charge on any atom is 0.321 e. The fraction of sp³-hybridized carbons (Fsp3) is 0.129. The molecule has 0 radical (unpaired) electrons. The number of fused-ring (bicyclic) bond motifs is 7. The highest BCUT2D eigenvalue weighted by Gasteiger charge is 2.21. The fourth-order valence-corrected chi connectivity index (χ4v) is 5.37. The Bertz CT molecular complexity index is 1790. The van der Waals surface area contributed by atoms with Gasteiger partial charge in [-0.3, -0.25) is 0 Å². The number of hydrogen-bond donors (Lipinski definition) is 1. The number of amides is 2. The monoisotopic (exact) mass is 483 g/mol. The van der Waals surface area contributed by atoms with Crippen LogP contribution in [0.2, 0.25) is 0 Å². The molecule has 7 rings (SSSR count). The zero-order valence-electron chi connectivity index (χ0n) is 20.3. The van der Waals surface area contributed by atoms with E-state index in [2.05, 4.69) is 58.7 Å². The first kappa shape index (κ1) is 21.6. The van der Waals surface area contributed by atoms with Crippen LogP contribution in [0, 0.1) is 0 Å². The Hall–Kier alpha value is -4.71. The highest BCUT2D eigenvalue weighted by molar-refractivity contribution is 6.23. The van der Waals surface area contributed by atoms with Gasteiger partial charge in [0.25, 0.3) is 0 Å². The molecule has 6 heteroatoms. The lowest BCUT2D eigenvalue weighted by Gasteiger charge is -2.36. The standard InChI is InChI=1S/C31H25N5O/c37-31(36-18-16-35(17-19-36)22-8-2-1-3-9-22)32-21-14-15-27-28(20-21)34-30-26-13-7-5-11-24(26)23-10-4-6-12-25(23)29(30)33-27/h1-15,20H,16-19H2,(H,32,37). The van der Waals surface area contributed by atoms with Crippen LogP contribution in [0.15, 0.2) is 97.1 Å². The molecule has 0 saturated carbocycles. The maximum absolute atomic E-state index is 13.0. The van der Waals surface area contributed by atoms with E-state index in [1.54, 1.807) is 0 Å². The molecule has 1 aliphatic rings. The molecule has 1 fully saturated rings. The van der Waals surface area contributed by atoms with Crippen LogP contribution in [0.25, 0.3) is 43.6 Å². The molecule has 6 aromatic rings. The van der Waals surface area contributed by atoms with Gasteiger partial charge < -0.3 is 15.1 Å². The van der Waals surface area contributed by atoms with E-state index in [1.807, 2.05) is 53.4 Å². The molecule has 0 spiro atoms. The molecular weight excluding hydrogens is 458 g/mol. The number of anilines is 2. The number of piperazine rings is 1. The van der Waals surface area contributed by atoms with Gasteiger partial charge in [-0.25, -0.2) is 14.8 Å². The summed E-state index contributed by atoms with van der Waals surface area (Å²) < 4.78 is 0. The number of para-hydroxylation sites is 1. The van der Waals surface area contributed by atoms with Crippen molar-refractivity contribution in [1.82, 2.24) is 14.9 Å². The Morgan fingerprint density at radius 3 is 1.84 bits per heavy atom. The molecule has 180 valence electrons. The van der Waals surface area contributed by atoms with Gasteiger partial charge in [-0.05, 0) is 41.1 Å². The molecule has 37 heavy (non-hydrogen) atoms. The minimum atomic E-state index is -0.0859. The van der Waals surface area contributed by atoms with Crippen LogP contribution in [0.4, 0.5) is 16.2 Å². The summed E-state index contributed by atoms with van der Waals surface area (Å²) in [4.78, 5) is 27.3. The minimum absolute atomic E-state index is 0.0859. The van der Waals surface area contributed by atoms with E-state index in [0.717, 1.165) is 51.6 Å². The van der Waals surface area contributed by atoms with Crippen molar-refractivity contribution in [2.45, 2.75) is 0 Å². The molecule has 0 atom stereocenters. The molecule has 2 amide bonds. The fourth-order valence-electron chi connectivity index (χ4n) is 5.37. The van der Waals surface area contributed by atoms with Crippen molar-refractivity contribution in [2.24, 2.45) is 0 Å². The highest BCUT2D eigenvalue weighted by atomic mass is 16.2. The van der Waals surface area contributed by atoms with Gasteiger partial charge in [0.2, 0.25) is 0 Å². The predicted molar refractivity (Wildman–Crippen MR) is 151 cm³/mol. The van der Waals surface area contributed by atoms with Gasteiger partial charge in [0.05, 0.1) is 22.1 Å². The van der Waals surface area contributed by atoms with Crippen molar-refractivity contribution in [2.75, 3.05) is 36.4 Å². The van der Waals surface area contributed by atoms with E-state index in [4.69, 9.17) is 9.97 Å². The van der Waals surface area contributed by atoms with Crippen LogP contribution in [0.3, 0.4) is 0 Å². The van der Waals surface area contributed by atoms with Gasteiger partial charge in [0.15, 0.2) is 0 Å². The van der Waals surface area contributed by atoms with Crippen molar-refractivity contribution in [1.29, 1.82) is 0 Å². The third-order valence-electron chi connectivity index (χ3n) is 7.26. The average Bonchev–Trinajstić information content (AvgIpc) is 2.97. The van der Waals surface area contributed by atoms with Crippen molar-refractivity contribution in [3.63, 3.8) is 0 Å². The molecule has 1 N–H and O–H groups in total. The Balaban J connectivity index is 1.19. The summed E-state index contributed by atoms with van der Waals surface area (Å²) in [5, 5.41) is 7.59. The first-order chi connectivity index (χ1) is 18.2. The lowest BCUT2D eigenvalue weighted by Crippen LogP contribution is -2.50. The van der Waals surface area contributed by atoms with Crippen LogP contribution < -0.4 is 10.2 Å². The van der Waals surface area contributed by atoms with Crippen LogP contribution >= 0.6 is 0 Å². The van der Waals surface area contributed by atoms with E-state index in [9.17, 15) is 4.79 Å². The zero-order valence-corrected chi connectivity index (χ0v) is 20.3. The topological polar surface area (TPSA) is 61.4 Å². The summed E-state index contributed by atoms with van der Waals surface area (Å²) in [7, 11) is 0. The van der Waals surface area contributed by atoms with E-state index in [0.29, 0.717) is 13.1 Å². The number of benzene rings is 5. The number of carbonyl (C=O) groups excluding carboxylic acids is 1. The van der Waals surface area contributed by atoms with Crippen molar-refractivity contribution >= 4 is 61.0 Å². The molecule has 2 heterocycles. The lowest BCUT2D eigenvalue weighted by atomic mass is 9.99. The maximum atomic E-state index is 13.0. The molecule has 1 aromatic heterocycles. The predicted octanol–water partition coefficient (Wildman–Crippen LogP) is 6.44. The highest BCUT2D eigenvalue weighted by Crippen LogP contribution is 2.34. The summed E-state index contributed by atoms with van der Waals surface area (Å²) in [5.41, 5.74) is 5.27. The number of carbonyl (C=O) groups is 1. The lowest BCUT2D eigenvalue weighted by molar-refractivity contribution is 0.208. The summed E-state index contributed by atoms with van der Waals surface area (Å²) in [6.45, 7) is 2.98. The molecule has 5 aromatic carbocycles. The van der Waals surface area contributed by atoms with Gasteiger partial charge in [-0.1, -0.05) is 66.7 Å². The van der Waals surface area contributed by atoms with Crippen molar-refractivity contribution in [3.05, 3.63) is 97.1 Å². The molecule has 1 aliphatic heterocycles. The molecule has 0 bridgehead atoms. The van der Waals surface area contributed by atoms with Crippen LogP contribution in [-0.4, -0.2) is 47.1 Å². The summed E-state index contributed by atoms with van der Waals surface area (Å²) in [6.07, 6.45) is 0. The largest absolute Gasteiger partial charge is 0.368 e. The molecule has 0 unspecified atom stereocenters. The van der Waals surface area contributed by atoms with Gasteiger partial charge >= 0.3 is 6.03 Å². The third-order valence-corrected chi connectivity index (χ3v) is 7.26. The number of hydrogen-bond acceptors (Lipinski definition) is 4. The quantitative estimate of drug-likeness (QED) is 0.227. The number of nitrogens with one attached hydrogen (secondary N) is 1. The van der Waals surface area contributed by atoms with Crippen LogP contribution in [0.5, 0.6) is 0 Å². The Kier molecular flexibility index (Phi) is 5.10. The Morgan fingerprint density at radius 2 is 1.19 bits per heavy atom. The molecular formula is C31H25N5O. The smallest absolute Gasteiger partial charge is 0.321 e. The molecule has 1 saturated heterocycles. The summed E-state index contributed by atoms with van der Waals surface area (Å²) in [5.74, 6) is 0. The minimum Gasteiger partial charge on any atom is -0.368 e. The van der Waals surface area contributed by atoms with Gasteiger partial charge in [0, 0.05) is 48.3 Å². The van der Waals surface area contributed by atoms with Gasteiger partial charge in [-0.15, -0.1) is 0 Å².